The number of ketones is 1. The van der Waals surface area contributed by atoms with Crippen LogP contribution in [-0.2, 0) is 0 Å². The van der Waals surface area contributed by atoms with Gasteiger partial charge in [0.2, 0.25) is 0 Å². The molecule has 0 atom stereocenters. The summed E-state index contributed by atoms with van der Waals surface area (Å²) >= 11 is 1.21. The second kappa shape index (κ2) is 7.57. The number of thiazole rings is 1. The van der Waals surface area contributed by atoms with Gasteiger partial charge in [0.15, 0.2) is 10.9 Å². The molecule has 6 nitrogen and oxygen atoms in total. The van der Waals surface area contributed by atoms with Crippen molar-refractivity contribution < 1.29 is 9.59 Å². The number of hydrogen-bond donors (Lipinski definition) is 3. The minimum Gasteiger partial charge on any atom is -0.307 e. The number of amides is 2. The van der Waals surface area contributed by atoms with Crippen LogP contribution in [0.4, 0.5) is 15.6 Å². The molecule has 3 N–H and O–H groups in total. The van der Waals surface area contributed by atoms with Gasteiger partial charge in [-0.1, -0.05) is 35.8 Å². The Bertz CT molecular complexity index is 809. The molecule has 1 heterocycles. The Morgan fingerprint density at radius 3 is 2.72 bits per heavy atom. The van der Waals surface area contributed by atoms with Crippen molar-refractivity contribution in [3.63, 3.8) is 0 Å². The number of urea groups is 1. The molecule has 0 saturated heterocycles. The Morgan fingerprint density at radius 1 is 1.28 bits per heavy atom. The van der Waals surface area contributed by atoms with E-state index in [1.807, 2.05) is 19.1 Å². The quantitative estimate of drug-likeness (QED) is 0.545. The molecule has 2 aromatic rings. The first-order valence-electron chi connectivity index (χ1n) is 8.26. The van der Waals surface area contributed by atoms with E-state index in [1.165, 1.54) is 23.7 Å². The van der Waals surface area contributed by atoms with Crippen molar-refractivity contribution >= 4 is 40.2 Å². The lowest BCUT2D eigenvalue weighted by atomic mass is 9.94. The highest BCUT2D eigenvalue weighted by Gasteiger charge is 2.26. The van der Waals surface area contributed by atoms with Gasteiger partial charge in [-0.05, 0) is 31.9 Å². The number of Topliss-reactive ketones (excluding diaryl/α,β-unsaturated/α-hetero) is 1. The van der Waals surface area contributed by atoms with Crippen LogP contribution in [-0.4, -0.2) is 23.0 Å². The number of aromatic nitrogens is 1. The van der Waals surface area contributed by atoms with Crippen LogP contribution in [0.15, 0.2) is 24.4 Å². The first-order chi connectivity index (χ1) is 12.1. The fourth-order valence-electron chi connectivity index (χ4n) is 3.04. The molecule has 1 aliphatic rings. The summed E-state index contributed by atoms with van der Waals surface area (Å²) in [5.41, 5.74) is 2.08. The third-order valence-corrected chi connectivity index (χ3v) is 5.16. The zero-order valence-electron chi connectivity index (χ0n) is 14.0. The number of carbonyl (C=O) groups is 2. The van der Waals surface area contributed by atoms with Crippen molar-refractivity contribution in [2.75, 3.05) is 10.6 Å². The Balaban J connectivity index is 1.75. The van der Waals surface area contributed by atoms with E-state index in [0.29, 0.717) is 21.3 Å². The molecule has 2 amide bonds. The van der Waals surface area contributed by atoms with Crippen LogP contribution in [0.3, 0.4) is 0 Å². The Kier molecular flexibility index (Phi) is 5.23. The number of nitrogens with zero attached hydrogens (tertiary/aromatic N) is 1. The topological polar surface area (TPSA) is 94.9 Å². The van der Waals surface area contributed by atoms with E-state index in [1.54, 1.807) is 6.07 Å². The van der Waals surface area contributed by atoms with E-state index < -0.39 is 6.03 Å². The van der Waals surface area contributed by atoms with Crippen LogP contribution in [0.2, 0.25) is 0 Å². The summed E-state index contributed by atoms with van der Waals surface area (Å²) in [5.74, 6) is 0.163. The van der Waals surface area contributed by atoms with Gasteiger partial charge in [0.1, 0.15) is 0 Å². The minimum absolute atomic E-state index is 0.0551. The van der Waals surface area contributed by atoms with Gasteiger partial charge < -0.3 is 10.7 Å². The molecule has 1 aromatic heterocycles. The van der Waals surface area contributed by atoms with Gasteiger partial charge in [-0.3, -0.25) is 10.1 Å². The van der Waals surface area contributed by atoms with E-state index >= 15 is 0 Å². The minimum atomic E-state index is -0.449. The molecule has 0 unspecified atom stereocenters. The molecule has 130 valence electrons. The van der Waals surface area contributed by atoms with E-state index in [-0.39, 0.29) is 11.7 Å². The van der Waals surface area contributed by atoms with Crippen LogP contribution >= 0.6 is 11.3 Å². The lowest BCUT2D eigenvalue weighted by Crippen LogP contribution is -2.22. The van der Waals surface area contributed by atoms with Gasteiger partial charge >= 0.3 is 6.03 Å². The van der Waals surface area contributed by atoms with Crippen molar-refractivity contribution in [3.05, 3.63) is 40.4 Å². The largest absolute Gasteiger partial charge is 0.325 e. The molecule has 3 rings (SSSR count). The fraction of sp³-hybridized carbons (Fsp3) is 0.333. The molecule has 7 heteroatoms. The first kappa shape index (κ1) is 17.3. The molecule has 0 bridgehead atoms. The van der Waals surface area contributed by atoms with Crippen molar-refractivity contribution in [1.29, 1.82) is 5.41 Å². The summed E-state index contributed by atoms with van der Waals surface area (Å²) < 4.78 is 0. The molecule has 25 heavy (non-hydrogen) atoms. The first-order valence-corrected chi connectivity index (χ1v) is 9.07. The number of anilines is 2. The van der Waals surface area contributed by atoms with Crippen LogP contribution < -0.4 is 10.6 Å². The number of hydrogen-bond acceptors (Lipinski definition) is 5. The number of benzene rings is 1. The second-order valence-corrected chi connectivity index (χ2v) is 7.25. The monoisotopic (exact) mass is 356 g/mol. The summed E-state index contributed by atoms with van der Waals surface area (Å²) in [6.45, 7) is 1.93. The number of carbonyl (C=O) groups excluding carboxylic acids is 2. The van der Waals surface area contributed by atoms with Crippen molar-refractivity contribution in [3.8, 4) is 0 Å². The second-order valence-electron chi connectivity index (χ2n) is 6.19. The highest BCUT2D eigenvalue weighted by molar-refractivity contribution is 7.17. The lowest BCUT2D eigenvalue weighted by molar-refractivity contribution is 0.0923. The smallest absolute Gasteiger partial charge is 0.307 e. The van der Waals surface area contributed by atoms with Crippen LogP contribution in [0, 0.1) is 18.3 Å². The predicted octanol–water partition coefficient (Wildman–Crippen LogP) is 4.47. The van der Waals surface area contributed by atoms with E-state index in [4.69, 9.17) is 5.41 Å². The van der Waals surface area contributed by atoms with Gasteiger partial charge in [0, 0.05) is 23.9 Å². The van der Waals surface area contributed by atoms with E-state index in [2.05, 4.69) is 15.6 Å². The van der Waals surface area contributed by atoms with Gasteiger partial charge in [-0.15, -0.1) is 0 Å². The van der Waals surface area contributed by atoms with Crippen molar-refractivity contribution in [2.45, 2.75) is 32.6 Å². The maximum absolute atomic E-state index is 12.8. The summed E-state index contributed by atoms with van der Waals surface area (Å²) in [4.78, 5) is 29.7. The summed E-state index contributed by atoms with van der Waals surface area (Å²) in [7, 11) is 0. The van der Waals surface area contributed by atoms with Gasteiger partial charge in [0.25, 0.3) is 0 Å². The highest BCUT2D eigenvalue weighted by atomic mass is 32.1. The molecular formula is C18H20N4O2S. The van der Waals surface area contributed by atoms with Gasteiger partial charge in [0.05, 0.1) is 10.6 Å². The molecule has 0 spiro atoms. The fourth-order valence-corrected chi connectivity index (χ4v) is 3.68. The van der Waals surface area contributed by atoms with Crippen molar-refractivity contribution in [1.82, 2.24) is 4.98 Å². The zero-order valence-corrected chi connectivity index (χ0v) is 14.8. The molecule has 0 radical (unpaired) electrons. The standard InChI is InChI=1S/C18H20N4O2S/c1-11-6-7-15(14(8-11)16(23)12-4-2-3-5-12)21-17(24)22-18-20-10-13(9-19)25-18/h6-10,12,19H,2-5H2,1H3,(H2,20,21,22,24). The van der Waals surface area contributed by atoms with Gasteiger partial charge in [-0.2, -0.15) is 0 Å². The number of aryl methyl sites for hydroxylation is 1. The van der Waals surface area contributed by atoms with Crippen LogP contribution in [0.25, 0.3) is 0 Å². The Hall–Kier alpha value is -2.54. The average molecular weight is 356 g/mol. The number of nitrogens with one attached hydrogen (secondary N) is 3. The third kappa shape index (κ3) is 4.11. The number of rotatable bonds is 5. The normalized spacial score (nSPS) is 14.3. The Labute approximate surface area is 150 Å². The lowest BCUT2D eigenvalue weighted by Gasteiger charge is -2.14. The summed E-state index contributed by atoms with van der Waals surface area (Å²) in [6, 6.07) is 5.03. The molecule has 1 aliphatic carbocycles. The summed E-state index contributed by atoms with van der Waals surface area (Å²) in [6.07, 6.45) is 6.72. The average Bonchev–Trinajstić information content (AvgIpc) is 3.27. The summed E-state index contributed by atoms with van der Waals surface area (Å²) in [5, 5.41) is 13.0. The van der Waals surface area contributed by atoms with Gasteiger partial charge in [-0.25, -0.2) is 9.78 Å². The molecule has 0 aliphatic heterocycles. The third-order valence-electron chi connectivity index (χ3n) is 4.30. The van der Waals surface area contributed by atoms with Crippen molar-refractivity contribution in [2.24, 2.45) is 5.92 Å². The molecular weight excluding hydrogens is 336 g/mol. The maximum atomic E-state index is 12.8. The highest BCUT2D eigenvalue weighted by Crippen LogP contribution is 2.31. The van der Waals surface area contributed by atoms with Crippen LogP contribution in [0.5, 0.6) is 0 Å². The van der Waals surface area contributed by atoms with Crippen LogP contribution in [0.1, 0.15) is 46.5 Å². The molecule has 1 saturated carbocycles. The Morgan fingerprint density at radius 2 is 2.04 bits per heavy atom. The van der Waals surface area contributed by atoms with E-state index in [9.17, 15) is 9.59 Å². The van der Waals surface area contributed by atoms with E-state index in [0.717, 1.165) is 31.2 Å². The maximum Gasteiger partial charge on any atom is 0.325 e. The molecule has 1 fully saturated rings. The molecule has 1 aromatic carbocycles. The zero-order chi connectivity index (χ0) is 17.8. The SMILES string of the molecule is Cc1ccc(NC(=O)Nc2ncc(C=N)s2)c(C(=O)C2CCCC2)c1. The predicted molar refractivity (Wildman–Crippen MR) is 100 cm³/mol.